The summed E-state index contributed by atoms with van der Waals surface area (Å²) in [7, 11) is -3.90. The van der Waals surface area contributed by atoms with Crippen molar-refractivity contribution in [1.29, 1.82) is 0 Å². The second-order valence-corrected chi connectivity index (χ2v) is 12.3. The van der Waals surface area contributed by atoms with E-state index in [-0.39, 0.29) is 17.5 Å². The summed E-state index contributed by atoms with van der Waals surface area (Å²) >= 11 is 0. The van der Waals surface area contributed by atoms with Crippen LogP contribution in [0.25, 0.3) is 11.4 Å². The average Bonchev–Trinajstić information content (AvgIpc) is 3.75. The number of anilines is 2. The maximum atomic E-state index is 14.0. The fourth-order valence-electron chi connectivity index (χ4n) is 4.95. The van der Waals surface area contributed by atoms with Crippen LogP contribution in [0.3, 0.4) is 0 Å². The molecule has 1 aromatic heterocycles. The third-order valence-electron chi connectivity index (χ3n) is 7.27. The highest BCUT2D eigenvalue weighted by atomic mass is 32.2. The average molecular weight is 572 g/mol. The van der Waals surface area contributed by atoms with Gasteiger partial charge in [-0.1, -0.05) is 0 Å². The fraction of sp³-hybridized carbons (Fsp3) is 0.393. The number of aryl methyl sites for hydroxylation is 1. The van der Waals surface area contributed by atoms with E-state index in [0.717, 1.165) is 6.07 Å². The first-order valence-corrected chi connectivity index (χ1v) is 14.6. The second-order valence-electron chi connectivity index (χ2n) is 10.1. The topological polar surface area (TPSA) is 114 Å². The molecule has 1 aliphatic carbocycles. The maximum Gasteiger partial charge on any atom is 0.319 e. The van der Waals surface area contributed by atoms with Gasteiger partial charge in [-0.25, -0.2) is 32.0 Å². The van der Waals surface area contributed by atoms with E-state index in [4.69, 9.17) is 14.7 Å². The van der Waals surface area contributed by atoms with Gasteiger partial charge in [-0.15, -0.1) is 0 Å². The summed E-state index contributed by atoms with van der Waals surface area (Å²) in [6.45, 7) is 4.47. The number of benzene rings is 2. The molecular formula is C28H31F2N5O4S. The van der Waals surface area contributed by atoms with Crippen molar-refractivity contribution in [3.63, 3.8) is 0 Å². The Morgan fingerprint density at radius 1 is 1.15 bits per heavy atom. The quantitative estimate of drug-likeness (QED) is 0.386. The minimum atomic E-state index is -3.90. The molecule has 1 atom stereocenters. The molecule has 212 valence electrons. The SMILES string of the molecule is Cc1cc(F)ccc1S(=O)(=O)C1(c2cc(N3CCOC[C@@H]3C)nc(-c3ccc(NC(=O)NCCF)cc3)n2)CC1. The minimum Gasteiger partial charge on any atom is -0.377 e. The predicted octanol–water partition coefficient (Wildman–Crippen LogP) is 4.37. The van der Waals surface area contributed by atoms with Crippen molar-refractivity contribution < 1.29 is 26.7 Å². The minimum absolute atomic E-state index is 0.0184. The van der Waals surface area contributed by atoms with Crippen LogP contribution >= 0.6 is 0 Å². The highest BCUT2D eigenvalue weighted by Gasteiger charge is 2.58. The number of carbonyl (C=O) groups excluding carboxylic acids is 1. The van der Waals surface area contributed by atoms with E-state index >= 15 is 0 Å². The van der Waals surface area contributed by atoms with Crippen LogP contribution in [0.2, 0.25) is 0 Å². The van der Waals surface area contributed by atoms with Crippen molar-refractivity contribution in [3.05, 3.63) is 65.6 Å². The van der Waals surface area contributed by atoms with Gasteiger partial charge in [0.05, 0.1) is 29.8 Å². The molecule has 1 aliphatic heterocycles. The molecule has 2 amide bonds. The van der Waals surface area contributed by atoms with Crippen molar-refractivity contribution in [1.82, 2.24) is 15.3 Å². The molecule has 1 saturated carbocycles. The van der Waals surface area contributed by atoms with Crippen LogP contribution in [0.15, 0.2) is 53.4 Å². The van der Waals surface area contributed by atoms with E-state index in [1.54, 1.807) is 37.3 Å². The number of nitrogens with zero attached hydrogens (tertiary/aromatic N) is 3. The lowest BCUT2D eigenvalue weighted by molar-refractivity contribution is 0.0985. The van der Waals surface area contributed by atoms with Crippen molar-refractivity contribution in [2.24, 2.45) is 0 Å². The molecule has 9 nitrogen and oxygen atoms in total. The van der Waals surface area contributed by atoms with Crippen LogP contribution in [0.4, 0.5) is 25.1 Å². The monoisotopic (exact) mass is 571 g/mol. The third-order valence-corrected chi connectivity index (χ3v) is 9.95. The molecule has 40 heavy (non-hydrogen) atoms. The number of ether oxygens (including phenoxy) is 1. The van der Waals surface area contributed by atoms with Gasteiger partial charge in [0.2, 0.25) is 0 Å². The van der Waals surface area contributed by atoms with Gasteiger partial charge in [0, 0.05) is 30.4 Å². The number of sulfone groups is 1. The Hall–Kier alpha value is -3.64. The van der Waals surface area contributed by atoms with Gasteiger partial charge in [-0.2, -0.15) is 0 Å². The summed E-state index contributed by atoms with van der Waals surface area (Å²) in [5.41, 5.74) is 1.86. The Morgan fingerprint density at radius 2 is 1.90 bits per heavy atom. The number of carbonyl (C=O) groups is 1. The molecular weight excluding hydrogens is 540 g/mol. The number of nitrogens with one attached hydrogen (secondary N) is 2. The van der Waals surface area contributed by atoms with E-state index in [9.17, 15) is 22.0 Å². The normalized spacial score (nSPS) is 18.3. The maximum absolute atomic E-state index is 14.0. The van der Waals surface area contributed by atoms with Crippen molar-refractivity contribution in [3.8, 4) is 11.4 Å². The summed E-state index contributed by atoms with van der Waals surface area (Å²) in [5.74, 6) is 0.449. The van der Waals surface area contributed by atoms with Crippen LogP contribution in [-0.4, -0.2) is 63.4 Å². The lowest BCUT2D eigenvalue weighted by Crippen LogP contribution is -2.44. The molecule has 2 N–H and O–H groups in total. The van der Waals surface area contributed by atoms with Gasteiger partial charge in [0.1, 0.15) is 23.1 Å². The number of alkyl halides is 1. The molecule has 0 bridgehead atoms. The predicted molar refractivity (Wildman–Crippen MR) is 147 cm³/mol. The van der Waals surface area contributed by atoms with Gasteiger partial charge in [0.15, 0.2) is 15.7 Å². The molecule has 12 heteroatoms. The van der Waals surface area contributed by atoms with Crippen LogP contribution < -0.4 is 15.5 Å². The largest absolute Gasteiger partial charge is 0.377 e. The summed E-state index contributed by atoms with van der Waals surface area (Å²) in [4.78, 5) is 23.6. The van der Waals surface area contributed by atoms with Crippen molar-refractivity contribution in [2.75, 3.05) is 43.2 Å². The Balaban J connectivity index is 1.55. The molecule has 1 saturated heterocycles. The number of hydrogen-bond donors (Lipinski definition) is 2. The standard InChI is InChI=1S/C28H31F2N5O4S/c1-18-15-21(30)5-8-23(18)40(37,38)28(9-10-28)24-16-25(35-13-14-39-17-19(35)2)34-26(33-24)20-3-6-22(7-4-20)32-27(36)31-12-11-29/h3-8,15-16,19H,9-14,17H2,1-2H3,(H2,31,32,36)/t19-/m0/s1. The number of rotatable bonds is 8. The van der Waals surface area contributed by atoms with E-state index in [1.807, 2.05) is 6.92 Å². The Bertz CT molecular complexity index is 1510. The first-order valence-electron chi connectivity index (χ1n) is 13.1. The van der Waals surface area contributed by atoms with Gasteiger partial charge in [-0.3, -0.25) is 0 Å². The Labute approximate surface area is 231 Å². The van der Waals surface area contributed by atoms with Crippen molar-refractivity contribution in [2.45, 2.75) is 42.4 Å². The number of amides is 2. The van der Waals surface area contributed by atoms with Crippen molar-refractivity contribution >= 4 is 27.4 Å². The number of hydrogen-bond acceptors (Lipinski definition) is 7. The summed E-state index contributed by atoms with van der Waals surface area (Å²) in [5, 5.41) is 5.03. The highest BCUT2D eigenvalue weighted by molar-refractivity contribution is 7.92. The van der Waals surface area contributed by atoms with Crippen LogP contribution in [-0.2, 0) is 19.3 Å². The summed E-state index contributed by atoms with van der Waals surface area (Å²) < 4.78 is 58.4. The van der Waals surface area contributed by atoms with Gasteiger partial charge >= 0.3 is 6.03 Å². The summed E-state index contributed by atoms with van der Waals surface area (Å²) in [6, 6.07) is 11.8. The number of urea groups is 1. The number of halogens is 2. The smallest absolute Gasteiger partial charge is 0.319 e. The zero-order chi connectivity index (χ0) is 28.5. The Kier molecular flexibility index (Phi) is 7.74. The molecule has 3 aromatic rings. The van der Waals surface area contributed by atoms with Crippen LogP contribution in [0.5, 0.6) is 0 Å². The molecule has 0 radical (unpaired) electrons. The van der Waals surface area contributed by atoms with Crippen LogP contribution in [0.1, 0.15) is 31.0 Å². The van der Waals surface area contributed by atoms with Crippen LogP contribution in [0, 0.1) is 12.7 Å². The molecule has 0 spiro atoms. The van der Waals surface area contributed by atoms with E-state index < -0.39 is 33.1 Å². The van der Waals surface area contributed by atoms with Gasteiger partial charge in [-0.05, 0) is 74.7 Å². The second kappa shape index (κ2) is 11.1. The van der Waals surface area contributed by atoms with Gasteiger partial charge in [0.25, 0.3) is 0 Å². The highest BCUT2D eigenvalue weighted by Crippen LogP contribution is 2.55. The first kappa shape index (κ1) is 27.9. The van der Waals surface area contributed by atoms with E-state index in [0.29, 0.717) is 66.8 Å². The lowest BCUT2D eigenvalue weighted by Gasteiger charge is -2.34. The van der Waals surface area contributed by atoms with E-state index in [1.165, 1.54) is 12.1 Å². The molecule has 5 rings (SSSR count). The van der Waals surface area contributed by atoms with E-state index in [2.05, 4.69) is 15.5 Å². The summed E-state index contributed by atoms with van der Waals surface area (Å²) in [6.07, 6.45) is 0.773. The number of morpholine rings is 1. The molecule has 0 unspecified atom stereocenters. The molecule has 2 fully saturated rings. The molecule has 2 heterocycles. The molecule has 2 aromatic carbocycles. The third kappa shape index (κ3) is 5.37. The zero-order valence-electron chi connectivity index (χ0n) is 22.3. The molecule has 2 aliphatic rings. The fourth-order valence-corrected chi connectivity index (χ4v) is 7.12. The zero-order valence-corrected chi connectivity index (χ0v) is 23.1. The number of aromatic nitrogens is 2. The lowest BCUT2D eigenvalue weighted by atomic mass is 10.1. The van der Waals surface area contributed by atoms with Gasteiger partial charge < -0.3 is 20.3 Å². The Morgan fingerprint density at radius 3 is 2.55 bits per heavy atom. The first-order chi connectivity index (χ1) is 19.1.